The van der Waals surface area contributed by atoms with Crippen LogP contribution in [0, 0.1) is 17.6 Å². The van der Waals surface area contributed by atoms with Gasteiger partial charge in [0.05, 0.1) is 17.8 Å². The number of carbonyl (C=O) groups excluding carboxylic acids is 1. The van der Waals surface area contributed by atoms with Gasteiger partial charge in [-0.05, 0) is 43.7 Å². The molecule has 1 heterocycles. The fourth-order valence-corrected chi connectivity index (χ4v) is 3.91. The average molecular weight is 345 g/mol. The molecule has 0 spiro atoms. The first-order chi connectivity index (χ1) is 12.0. The van der Waals surface area contributed by atoms with Crippen molar-refractivity contribution < 1.29 is 18.7 Å². The number of halogens is 2. The van der Waals surface area contributed by atoms with Gasteiger partial charge in [0.2, 0.25) is 0 Å². The Hall–Kier alpha value is -2.28. The van der Waals surface area contributed by atoms with Crippen molar-refractivity contribution in [1.29, 1.82) is 0 Å². The number of nitrogens with zero attached hydrogens (tertiary/aromatic N) is 2. The van der Waals surface area contributed by atoms with Crippen LogP contribution in [0.2, 0.25) is 0 Å². The van der Waals surface area contributed by atoms with Crippen molar-refractivity contribution in [2.24, 2.45) is 5.92 Å². The van der Waals surface area contributed by atoms with Crippen LogP contribution in [0.25, 0.3) is 5.69 Å². The molecule has 0 aliphatic heterocycles. The number of hydrogen-bond donors (Lipinski definition) is 2. The van der Waals surface area contributed by atoms with Crippen LogP contribution in [-0.2, 0) is 6.42 Å². The third kappa shape index (κ3) is 2.22. The number of hydrogen-bond acceptors (Lipinski definition) is 3. The number of aliphatic hydroxyl groups is 1. The van der Waals surface area contributed by atoms with Gasteiger partial charge in [-0.1, -0.05) is 0 Å². The number of aromatic nitrogens is 2. The predicted octanol–water partition coefficient (Wildman–Crippen LogP) is 2.06. The zero-order valence-electron chi connectivity index (χ0n) is 13.4. The zero-order valence-corrected chi connectivity index (χ0v) is 13.4. The van der Waals surface area contributed by atoms with Crippen molar-refractivity contribution in [2.45, 2.75) is 37.1 Å². The Morgan fingerprint density at radius 1 is 1.40 bits per heavy atom. The highest BCUT2D eigenvalue weighted by molar-refractivity contribution is 5.95. The molecule has 3 aliphatic rings. The van der Waals surface area contributed by atoms with Crippen LogP contribution in [-0.4, -0.2) is 32.9 Å². The van der Waals surface area contributed by atoms with Crippen LogP contribution < -0.4 is 5.32 Å². The van der Waals surface area contributed by atoms with Gasteiger partial charge in [0.1, 0.15) is 11.5 Å². The molecule has 2 fully saturated rings. The highest BCUT2D eigenvalue weighted by Gasteiger charge is 2.51. The quantitative estimate of drug-likeness (QED) is 0.891. The largest absolute Gasteiger partial charge is 0.394 e. The molecule has 3 aliphatic carbocycles. The summed E-state index contributed by atoms with van der Waals surface area (Å²) < 4.78 is 29.0. The van der Waals surface area contributed by atoms with E-state index in [2.05, 4.69) is 10.4 Å². The summed E-state index contributed by atoms with van der Waals surface area (Å²) in [5.41, 5.74) is 1.65. The maximum Gasteiger partial charge on any atom is 0.272 e. The Kier molecular flexibility index (Phi) is 2.93. The molecular weight excluding hydrogens is 328 g/mol. The molecule has 2 aromatic rings. The van der Waals surface area contributed by atoms with E-state index < -0.39 is 17.2 Å². The summed E-state index contributed by atoms with van der Waals surface area (Å²) in [5, 5.41) is 16.7. The Labute approximate surface area is 142 Å². The van der Waals surface area contributed by atoms with Gasteiger partial charge in [-0.15, -0.1) is 0 Å². The van der Waals surface area contributed by atoms with E-state index in [1.54, 1.807) is 0 Å². The molecule has 130 valence electrons. The van der Waals surface area contributed by atoms with Crippen LogP contribution in [0.1, 0.15) is 46.9 Å². The van der Waals surface area contributed by atoms with E-state index in [1.165, 1.54) is 16.8 Å². The lowest BCUT2D eigenvalue weighted by atomic mass is 10.1. The highest BCUT2D eigenvalue weighted by atomic mass is 19.1. The second-order valence-electron chi connectivity index (χ2n) is 7.42. The summed E-state index contributed by atoms with van der Waals surface area (Å²) in [6.07, 6.45) is 3.27. The number of rotatable bonds is 4. The second-order valence-corrected chi connectivity index (χ2v) is 7.42. The summed E-state index contributed by atoms with van der Waals surface area (Å²) in [4.78, 5) is 12.7. The maximum atomic E-state index is 14.3. The monoisotopic (exact) mass is 345 g/mol. The Morgan fingerprint density at radius 3 is 2.88 bits per heavy atom. The van der Waals surface area contributed by atoms with E-state index >= 15 is 0 Å². The Morgan fingerprint density at radius 2 is 2.20 bits per heavy atom. The molecule has 5 rings (SSSR count). The van der Waals surface area contributed by atoms with Gasteiger partial charge in [0, 0.05) is 17.5 Å². The van der Waals surface area contributed by atoms with E-state index in [1.807, 2.05) is 0 Å². The maximum absolute atomic E-state index is 14.3. The topological polar surface area (TPSA) is 67.2 Å². The van der Waals surface area contributed by atoms with Crippen molar-refractivity contribution >= 4 is 5.91 Å². The van der Waals surface area contributed by atoms with Crippen molar-refractivity contribution in [3.8, 4) is 5.69 Å². The minimum atomic E-state index is -0.699. The van der Waals surface area contributed by atoms with Crippen molar-refractivity contribution in [1.82, 2.24) is 15.1 Å². The molecule has 1 aromatic heterocycles. The van der Waals surface area contributed by atoms with E-state index in [0.717, 1.165) is 43.0 Å². The lowest BCUT2D eigenvalue weighted by Crippen LogP contribution is -2.40. The fraction of sp³-hybridized carbons (Fsp3) is 0.444. The fourth-order valence-electron chi connectivity index (χ4n) is 3.91. The summed E-state index contributed by atoms with van der Waals surface area (Å²) in [6.45, 7) is -0.0977. The minimum Gasteiger partial charge on any atom is -0.394 e. The van der Waals surface area contributed by atoms with Crippen LogP contribution in [0.15, 0.2) is 18.2 Å². The van der Waals surface area contributed by atoms with E-state index in [0.29, 0.717) is 17.5 Å². The lowest BCUT2D eigenvalue weighted by Gasteiger charge is -2.13. The van der Waals surface area contributed by atoms with E-state index in [-0.39, 0.29) is 18.2 Å². The van der Waals surface area contributed by atoms with E-state index in [4.69, 9.17) is 0 Å². The first kappa shape index (κ1) is 15.0. The van der Waals surface area contributed by atoms with Crippen LogP contribution in [0.5, 0.6) is 0 Å². The molecule has 0 unspecified atom stereocenters. The molecule has 1 aromatic carbocycles. The summed E-state index contributed by atoms with van der Waals surface area (Å²) in [5.74, 6) is -0.894. The zero-order chi connectivity index (χ0) is 17.3. The number of fused-ring (bicyclic) bond motifs is 3. The standard InChI is InChI=1S/C18H17F2N3O2/c19-10-1-2-14(13(20)7-10)23-16-11-5-9(11)6-12(16)15(22-23)17(25)21-18(8-24)3-4-18/h1-2,7,9,11,24H,3-6,8H2,(H,21,25)/t9-,11-/m1/s1. The molecule has 1 amide bonds. The third-order valence-electron chi connectivity index (χ3n) is 5.65. The Bertz CT molecular complexity index is 904. The molecule has 0 radical (unpaired) electrons. The molecule has 25 heavy (non-hydrogen) atoms. The highest BCUT2D eigenvalue weighted by Crippen LogP contribution is 2.57. The lowest BCUT2D eigenvalue weighted by molar-refractivity contribution is 0.0900. The molecule has 5 nitrogen and oxygen atoms in total. The van der Waals surface area contributed by atoms with Gasteiger partial charge in [0.15, 0.2) is 11.5 Å². The summed E-state index contributed by atoms with van der Waals surface area (Å²) in [6, 6.07) is 3.37. The van der Waals surface area contributed by atoms with Gasteiger partial charge in [-0.2, -0.15) is 5.10 Å². The number of nitrogens with one attached hydrogen (secondary N) is 1. The van der Waals surface area contributed by atoms with E-state index in [9.17, 15) is 18.7 Å². The molecular formula is C18H17F2N3O2. The number of aliphatic hydroxyl groups excluding tert-OH is 1. The SMILES string of the molecule is O=C(NC1(CO)CC1)c1nn(-c2ccc(F)cc2F)c2c1C[C@H]1C[C@@H]21. The van der Waals surface area contributed by atoms with Gasteiger partial charge in [-0.3, -0.25) is 4.79 Å². The minimum absolute atomic E-state index is 0.0977. The van der Waals surface area contributed by atoms with Crippen molar-refractivity contribution in [3.63, 3.8) is 0 Å². The molecule has 2 atom stereocenters. The van der Waals surface area contributed by atoms with Gasteiger partial charge in [0.25, 0.3) is 5.91 Å². The first-order valence-corrected chi connectivity index (χ1v) is 8.52. The first-order valence-electron chi connectivity index (χ1n) is 8.52. The smallest absolute Gasteiger partial charge is 0.272 e. The number of carbonyl (C=O) groups is 1. The number of benzene rings is 1. The van der Waals surface area contributed by atoms with Crippen LogP contribution >= 0.6 is 0 Å². The number of amides is 1. The van der Waals surface area contributed by atoms with Crippen molar-refractivity contribution in [3.05, 3.63) is 46.8 Å². The molecule has 0 bridgehead atoms. The average Bonchev–Trinajstić information content (AvgIpc) is 3.45. The van der Waals surface area contributed by atoms with Crippen LogP contribution in [0.4, 0.5) is 8.78 Å². The summed E-state index contributed by atoms with van der Waals surface area (Å²) in [7, 11) is 0. The molecule has 2 saturated carbocycles. The van der Waals surface area contributed by atoms with Crippen LogP contribution in [0.3, 0.4) is 0 Å². The predicted molar refractivity (Wildman–Crippen MR) is 84.5 cm³/mol. The Balaban J connectivity index is 1.58. The normalized spacial score (nSPS) is 24.6. The van der Waals surface area contributed by atoms with Gasteiger partial charge in [-0.25, -0.2) is 13.5 Å². The van der Waals surface area contributed by atoms with Crippen molar-refractivity contribution in [2.75, 3.05) is 6.61 Å². The molecule has 0 saturated heterocycles. The van der Waals surface area contributed by atoms with Gasteiger partial charge >= 0.3 is 0 Å². The third-order valence-corrected chi connectivity index (χ3v) is 5.65. The molecule has 7 heteroatoms. The summed E-state index contributed by atoms with van der Waals surface area (Å²) >= 11 is 0. The molecule has 2 N–H and O–H groups in total. The van der Waals surface area contributed by atoms with Gasteiger partial charge < -0.3 is 10.4 Å². The second kappa shape index (κ2) is 4.88.